The molecule has 0 aromatic heterocycles. The van der Waals surface area contributed by atoms with Crippen molar-refractivity contribution >= 4 is 12.1 Å². The first-order chi connectivity index (χ1) is 14.7. The van der Waals surface area contributed by atoms with E-state index in [1.165, 1.54) is 16.0 Å². The number of benzene rings is 2. The lowest BCUT2D eigenvalue weighted by molar-refractivity contribution is -0.152. The van der Waals surface area contributed by atoms with Crippen LogP contribution >= 0.6 is 0 Å². The molecule has 2 aliphatic carbocycles. The third-order valence-electron chi connectivity index (χ3n) is 6.89. The van der Waals surface area contributed by atoms with Crippen molar-refractivity contribution in [3.63, 3.8) is 0 Å². The Kier molecular flexibility index (Phi) is 5.32. The highest BCUT2D eigenvalue weighted by molar-refractivity contribution is 5.85. The minimum absolute atomic E-state index is 0.0499. The molecule has 0 aliphatic heterocycles. The van der Waals surface area contributed by atoms with Crippen LogP contribution in [0.2, 0.25) is 0 Å². The quantitative estimate of drug-likeness (QED) is 0.674. The van der Waals surface area contributed by atoms with Gasteiger partial charge in [-0.25, -0.2) is 9.59 Å². The minimum atomic E-state index is -1.22. The molecule has 2 aromatic rings. The molecule has 4 rings (SSSR count). The molecule has 0 bridgehead atoms. The molecule has 1 amide bonds. The molecule has 0 radical (unpaired) electrons. The summed E-state index contributed by atoms with van der Waals surface area (Å²) in [4.78, 5) is 27.2. The van der Waals surface area contributed by atoms with Gasteiger partial charge in [-0.15, -0.1) is 0 Å². The Bertz CT molecular complexity index is 966. The van der Waals surface area contributed by atoms with E-state index in [9.17, 15) is 14.7 Å². The molecule has 1 atom stereocenters. The van der Waals surface area contributed by atoms with E-state index >= 15 is 0 Å². The van der Waals surface area contributed by atoms with Crippen molar-refractivity contribution in [3.8, 4) is 11.1 Å². The number of carbonyl (C=O) groups is 2. The van der Waals surface area contributed by atoms with E-state index in [1.54, 1.807) is 0 Å². The first-order valence-electron chi connectivity index (χ1n) is 11.0. The zero-order valence-electron chi connectivity index (χ0n) is 18.7. The van der Waals surface area contributed by atoms with Gasteiger partial charge < -0.3 is 9.84 Å². The van der Waals surface area contributed by atoms with Crippen molar-refractivity contribution in [2.24, 2.45) is 5.41 Å². The number of fused-ring (bicyclic) bond motifs is 3. The predicted octanol–water partition coefficient (Wildman–Crippen LogP) is 5.68. The Morgan fingerprint density at radius 3 is 2.03 bits per heavy atom. The number of hydrogen-bond donors (Lipinski definition) is 1. The molecule has 0 spiro atoms. The Morgan fingerprint density at radius 1 is 1.03 bits per heavy atom. The van der Waals surface area contributed by atoms with E-state index < -0.39 is 17.6 Å². The summed E-state index contributed by atoms with van der Waals surface area (Å²) < 4.78 is 5.84. The number of hydrogen-bond acceptors (Lipinski definition) is 3. The Labute approximate surface area is 184 Å². The third-order valence-corrected chi connectivity index (χ3v) is 6.89. The number of ether oxygens (including phenoxy) is 1. The molecule has 2 aliphatic rings. The molecule has 1 saturated carbocycles. The van der Waals surface area contributed by atoms with Crippen molar-refractivity contribution in [1.82, 2.24) is 4.90 Å². The highest BCUT2D eigenvalue weighted by Crippen LogP contribution is 2.48. The second-order valence-corrected chi connectivity index (χ2v) is 9.95. The van der Waals surface area contributed by atoms with Crippen LogP contribution in [-0.4, -0.2) is 40.3 Å². The maximum atomic E-state index is 13.3. The molecule has 164 valence electrons. The lowest BCUT2D eigenvalue weighted by Crippen LogP contribution is -2.59. The highest BCUT2D eigenvalue weighted by atomic mass is 16.6. The fourth-order valence-corrected chi connectivity index (χ4v) is 5.55. The van der Waals surface area contributed by atoms with Crippen LogP contribution in [0.4, 0.5) is 4.79 Å². The van der Waals surface area contributed by atoms with Crippen LogP contribution in [-0.2, 0) is 9.53 Å². The van der Waals surface area contributed by atoms with Crippen molar-refractivity contribution < 1.29 is 19.4 Å². The van der Waals surface area contributed by atoms with E-state index in [0.717, 1.165) is 17.5 Å². The van der Waals surface area contributed by atoms with Gasteiger partial charge in [-0.2, -0.15) is 0 Å². The number of nitrogens with zero attached hydrogens (tertiary/aromatic N) is 1. The van der Waals surface area contributed by atoms with E-state index in [-0.39, 0.29) is 24.0 Å². The van der Waals surface area contributed by atoms with Crippen LogP contribution in [0.1, 0.15) is 64.0 Å². The zero-order valence-corrected chi connectivity index (χ0v) is 18.7. The largest absolute Gasteiger partial charge is 0.479 e. The van der Waals surface area contributed by atoms with E-state index in [1.807, 2.05) is 38.1 Å². The molecule has 31 heavy (non-hydrogen) atoms. The smallest absolute Gasteiger partial charge is 0.410 e. The van der Waals surface area contributed by atoms with Gasteiger partial charge in [0.1, 0.15) is 12.1 Å². The fourth-order valence-electron chi connectivity index (χ4n) is 5.55. The standard InChI is InChI=1S/C26H31NO4/c1-17(2)27(26(23(28)29)14-13-25(3,4)16-26)24(30)31-15-22-20-11-7-5-9-18(20)19-10-6-8-12-21(19)22/h5-12,17,22H,13-16H2,1-4H3,(H,28,29). The van der Waals surface area contributed by atoms with Gasteiger partial charge in [0.2, 0.25) is 0 Å². The monoisotopic (exact) mass is 421 g/mol. The van der Waals surface area contributed by atoms with Crippen molar-refractivity contribution in [1.29, 1.82) is 0 Å². The predicted molar refractivity (Wildman–Crippen MR) is 120 cm³/mol. The van der Waals surface area contributed by atoms with Crippen LogP contribution in [0, 0.1) is 5.41 Å². The summed E-state index contributed by atoms with van der Waals surface area (Å²) in [5.41, 5.74) is 3.26. The summed E-state index contributed by atoms with van der Waals surface area (Å²) in [6, 6.07) is 16.1. The number of carbonyl (C=O) groups excluding carboxylic acids is 1. The molecule has 5 nitrogen and oxygen atoms in total. The maximum Gasteiger partial charge on any atom is 0.410 e. The summed E-state index contributed by atoms with van der Waals surface area (Å²) in [6.45, 7) is 8.03. The van der Waals surface area contributed by atoms with Gasteiger partial charge in [0.25, 0.3) is 0 Å². The molecule has 1 N–H and O–H groups in total. The van der Waals surface area contributed by atoms with Crippen LogP contribution in [0.5, 0.6) is 0 Å². The molecule has 0 heterocycles. The summed E-state index contributed by atoms with van der Waals surface area (Å²) in [5, 5.41) is 10.2. The maximum absolute atomic E-state index is 13.3. The SMILES string of the molecule is CC(C)N(C(=O)OCC1c2ccccc2-c2ccccc21)C1(C(=O)O)CCC(C)(C)C1. The second kappa shape index (κ2) is 7.70. The molecule has 2 aromatic carbocycles. The summed E-state index contributed by atoms with van der Waals surface area (Å²) in [5.74, 6) is -0.994. The van der Waals surface area contributed by atoms with Crippen LogP contribution < -0.4 is 0 Å². The van der Waals surface area contributed by atoms with Crippen LogP contribution in [0.25, 0.3) is 11.1 Å². The van der Waals surface area contributed by atoms with Gasteiger partial charge in [-0.05, 0) is 60.8 Å². The molecule has 5 heteroatoms. The van der Waals surface area contributed by atoms with Crippen molar-refractivity contribution in [2.45, 2.75) is 64.5 Å². The van der Waals surface area contributed by atoms with Crippen molar-refractivity contribution in [3.05, 3.63) is 59.7 Å². The third kappa shape index (κ3) is 3.60. The molecule has 1 unspecified atom stereocenters. The number of aliphatic carboxylic acids is 1. The van der Waals surface area contributed by atoms with E-state index in [0.29, 0.717) is 12.8 Å². The number of amides is 1. The average Bonchev–Trinajstić information content (AvgIpc) is 3.21. The van der Waals surface area contributed by atoms with Crippen molar-refractivity contribution in [2.75, 3.05) is 6.61 Å². The van der Waals surface area contributed by atoms with Gasteiger partial charge >= 0.3 is 12.1 Å². The molecular formula is C26H31NO4. The van der Waals surface area contributed by atoms with Gasteiger partial charge in [-0.3, -0.25) is 4.90 Å². The van der Waals surface area contributed by atoms with Crippen LogP contribution in [0.15, 0.2) is 48.5 Å². The fraction of sp³-hybridized carbons (Fsp3) is 0.462. The van der Waals surface area contributed by atoms with Gasteiger partial charge in [0.15, 0.2) is 0 Å². The van der Waals surface area contributed by atoms with Gasteiger partial charge in [0.05, 0.1) is 0 Å². The van der Waals surface area contributed by atoms with Crippen LogP contribution in [0.3, 0.4) is 0 Å². The number of rotatable bonds is 5. The molecule has 1 fully saturated rings. The molecular weight excluding hydrogens is 390 g/mol. The molecule has 0 saturated heterocycles. The second-order valence-electron chi connectivity index (χ2n) is 9.95. The Hall–Kier alpha value is -2.82. The lowest BCUT2D eigenvalue weighted by atomic mass is 9.86. The number of carboxylic acids is 1. The highest BCUT2D eigenvalue weighted by Gasteiger charge is 2.55. The van der Waals surface area contributed by atoms with E-state index in [2.05, 4.69) is 38.1 Å². The summed E-state index contributed by atoms with van der Waals surface area (Å²) >= 11 is 0. The zero-order chi connectivity index (χ0) is 22.4. The summed E-state index contributed by atoms with van der Waals surface area (Å²) in [7, 11) is 0. The number of carboxylic acid groups (broad SMARTS) is 1. The first-order valence-corrected chi connectivity index (χ1v) is 11.0. The first kappa shape index (κ1) is 21.4. The minimum Gasteiger partial charge on any atom is -0.479 e. The Balaban J connectivity index is 1.60. The van der Waals surface area contributed by atoms with Gasteiger partial charge in [-0.1, -0.05) is 62.4 Å². The Morgan fingerprint density at radius 2 is 1.58 bits per heavy atom. The van der Waals surface area contributed by atoms with E-state index in [4.69, 9.17) is 4.74 Å². The topological polar surface area (TPSA) is 66.8 Å². The normalized spacial score (nSPS) is 21.6. The average molecular weight is 422 g/mol. The van der Waals surface area contributed by atoms with Gasteiger partial charge in [0, 0.05) is 12.0 Å². The lowest BCUT2D eigenvalue weighted by Gasteiger charge is -2.40. The summed E-state index contributed by atoms with van der Waals surface area (Å²) in [6.07, 6.45) is 1.09.